The molecule has 0 fully saturated rings. The average Bonchev–Trinajstić information content (AvgIpc) is 2.34. The molecule has 0 bridgehead atoms. The van der Waals surface area contributed by atoms with Crippen LogP contribution in [0.25, 0.3) is 11.3 Å². The van der Waals surface area contributed by atoms with Crippen LogP contribution in [0.5, 0.6) is 5.75 Å². The van der Waals surface area contributed by atoms with Crippen LogP contribution in [0.4, 0.5) is 16.2 Å². The Morgan fingerprint density at radius 3 is 2.63 bits per heavy atom. The lowest BCUT2D eigenvalue weighted by atomic mass is 10.1. The number of benzene rings is 1. The molecule has 0 radical (unpaired) electrons. The summed E-state index contributed by atoms with van der Waals surface area (Å²) in [6.07, 6.45) is 0. The van der Waals surface area contributed by atoms with Crippen LogP contribution in [0.15, 0.2) is 12.1 Å². The van der Waals surface area contributed by atoms with Crippen LogP contribution in [0.2, 0.25) is 5.02 Å². The van der Waals surface area contributed by atoms with Crippen LogP contribution >= 0.6 is 11.6 Å². The first-order chi connectivity index (χ1) is 8.95. The van der Waals surface area contributed by atoms with Crippen molar-refractivity contribution in [1.29, 1.82) is 5.26 Å². The minimum atomic E-state index is -0.921. The summed E-state index contributed by atoms with van der Waals surface area (Å²) in [7, 11) is 0. The highest BCUT2D eigenvalue weighted by Crippen LogP contribution is 2.37. The molecule has 2 aromatic rings. The van der Waals surface area contributed by atoms with Crippen molar-refractivity contribution in [2.45, 2.75) is 0 Å². The molecule has 19 heavy (non-hydrogen) atoms. The Bertz CT molecular complexity index is 713. The zero-order valence-corrected chi connectivity index (χ0v) is 10.1. The molecular formula is C11H7ClFN5O. The number of anilines is 2. The van der Waals surface area contributed by atoms with Gasteiger partial charge in [0.1, 0.15) is 28.9 Å². The highest BCUT2D eigenvalue weighted by Gasteiger charge is 2.21. The molecule has 0 atom stereocenters. The van der Waals surface area contributed by atoms with Gasteiger partial charge in [-0.3, -0.25) is 0 Å². The molecule has 96 valence electrons. The molecule has 0 aliphatic carbocycles. The fourth-order valence-electron chi connectivity index (χ4n) is 1.55. The Balaban J connectivity index is 2.87. The molecule has 0 saturated heterocycles. The molecule has 1 aromatic heterocycles. The van der Waals surface area contributed by atoms with E-state index in [9.17, 15) is 9.50 Å². The van der Waals surface area contributed by atoms with E-state index in [-0.39, 0.29) is 33.6 Å². The van der Waals surface area contributed by atoms with Crippen molar-refractivity contribution in [2.24, 2.45) is 0 Å². The summed E-state index contributed by atoms with van der Waals surface area (Å²) in [6, 6.07) is 4.09. The molecule has 0 amide bonds. The highest BCUT2D eigenvalue weighted by molar-refractivity contribution is 6.31. The Kier molecular flexibility index (Phi) is 3.10. The summed E-state index contributed by atoms with van der Waals surface area (Å²) in [6.45, 7) is 0. The van der Waals surface area contributed by atoms with Gasteiger partial charge in [0.25, 0.3) is 0 Å². The zero-order valence-electron chi connectivity index (χ0n) is 9.35. The van der Waals surface area contributed by atoms with Gasteiger partial charge in [-0.25, -0.2) is 9.37 Å². The normalized spacial score (nSPS) is 10.2. The lowest BCUT2D eigenvalue weighted by molar-refractivity contribution is 0.471. The third-order valence-corrected chi connectivity index (χ3v) is 2.67. The van der Waals surface area contributed by atoms with E-state index in [1.165, 1.54) is 12.1 Å². The van der Waals surface area contributed by atoms with Crippen molar-refractivity contribution < 1.29 is 9.50 Å². The topological polar surface area (TPSA) is 122 Å². The molecule has 0 aliphatic heterocycles. The minimum absolute atomic E-state index is 0.189. The van der Waals surface area contributed by atoms with Crippen LogP contribution in [0.3, 0.4) is 0 Å². The maximum Gasteiger partial charge on any atom is 0.222 e. The Morgan fingerprint density at radius 1 is 1.32 bits per heavy atom. The van der Waals surface area contributed by atoms with Crippen molar-refractivity contribution in [1.82, 2.24) is 9.97 Å². The lowest BCUT2D eigenvalue weighted by Gasteiger charge is -2.10. The van der Waals surface area contributed by atoms with E-state index in [1.807, 2.05) is 0 Å². The fraction of sp³-hybridized carbons (Fsp3) is 0. The highest BCUT2D eigenvalue weighted by atomic mass is 35.5. The SMILES string of the molecule is N#Cc1c(N)nc(N)nc1-c1c(O)ccc(Cl)c1F. The first kappa shape index (κ1) is 12.9. The van der Waals surface area contributed by atoms with Crippen LogP contribution in [0.1, 0.15) is 5.56 Å². The molecule has 0 aliphatic rings. The second-order valence-corrected chi connectivity index (χ2v) is 3.97. The van der Waals surface area contributed by atoms with E-state index < -0.39 is 11.6 Å². The summed E-state index contributed by atoms with van der Waals surface area (Å²) < 4.78 is 14.0. The van der Waals surface area contributed by atoms with E-state index in [0.717, 1.165) is 0 Å². The van der Waals surface area contributed by atoms with E-state index >= 15 is 0 Å². The van der Waals surface area contributed by atoms with Gasteiger partial charge in [-0.05, 0) is 12.1 Å². The number of halogens is 2. The number of phenols is 1. The number of rotatable bonds is 1. The average molecular weight is 280 g/mol. The number of aromatic hydroxyl groups is 1. The largest absolute Gasteiger partial charge is 0.507 e. The monoisotopic (exact) mass is 279 g/mol. The minimum Gasteiger partial charge on any atom is -0.507 e. The zero-order chi connectivity index (χ0) is 14.2. The van der Waals surface area contributed by atoms with Crippen LogP contribution in [0, 0.1) is 17.1 Å². The number of nitrogens with zero attached hydrogens (tertiary/aromatic N) is 3. The number of hydrogen-bond donors (Lipinski definition) is 3. The van der Waals surface area contributed by atoms with Crippen LogP contribution < -0.4 is 11.5 Å². The van der Waals surface area contributed by atoms with Gasteiger partial charge < -0.3 is 16.6 Å². The van der Waals surface area contributed by atoms with E-state index in [2.05, 4.69) is 9.97 Å². The molecule has 0 spiro atoms. The lowest BCUT2D eigenvalue weighted by Crippen LogP contribution is -2.06. The van der Waals surface area contributed by atoms with Gasteiger partial charge in [-0.1, -0.05) is 11.6 Å². The molecule has 5 N–H and O–H groups in total. The van der Waals surface area contributed by atoms with Gasteiger partial charge in [-0.2, -0.15) is 10.2 Å². The number of phenolic OH excluding ortho intramolecular Hbond substituents is 1. The van der Waals surface area contributed by atoms with Crippen molar-refractivity contribution in [2.75, 3.05) is 11.5 Å². The molecule has 2 rings (SSSR count). The van der Waals surface area contributed by atoms with Gasteiger partial charge in [0, 0.05) is 0 Å². The van der Waals surface area contributed by atoms with E-state index in [0.29, 0.717) is 0 Å². The van der Waals surface area contributed by atoms with Gasteiger partial charge in [-0.15, -0.1) is 0 Å². The van der Waals surface area contributed by atoms with Crippen molar-refractivity contribution in [3.05, 3.63) is 28.5 Å². The summed E-state index contributed by atoms with van der Waals surface area (Å²) in [5, 5.41) is 18.5. The number of aromatic nitrogens is 2. The molecule has 1 heterocycles. The van der Waals surface area contributed by atoms with Crippen LogP contribution in [-0.2, 0) is 0 Å². The summed E-state index contributed by atoms with van der Waals surface area (Å²) >= 11 is 5.64. The Morgan fingerprint density at radius 2 is 2.00 bits per heavy atom. The van der Waals surface area contributed by atoms with Crippen molar-refractivity contribution in [3.8, 4) is 23.1 Å². The first-order valence-electron chi connectivity index (χ1n) is 4.96. The standard InChI is InChI=1S/C11H7ClFN5O/c12-5-1-2-6(19)7(8(5)13)9-4(3-14)10(15)18-11(16)17-9/h1-2,19H,(H4,15,16,17,18). The smallest absolute Gasteiger partial charge is 0.222 e. The van der Waals surface area contributed by atoms with Gasteiger partial charge in [0.15, 0.2) is 5.82 Å². The third-order valence-electron chi connectivity index (χ3n) is 2.38. The molecule has 8 heteroatoms. The first-order valence-corrected chi connectivity index (χ1v) is 5.34. The predicted octanol–water partition coefficient (Wildman–Crippen LogP) is 1.68. The van der Waals surface area contributed by atoms with Gasteiger partial charge in [0.05, 0.1) is 10.6 Å². The van der Waals surface area contributed by atoms with Crippen LogP contribution in [-0.4, -0.2) is 15.1 Å². The maximum absolute atomic E-state index is 14.0. The quantitative estimate of drug-likeness (QED) is 0.730. The fourth-order valence-corrected chi connectivity index (χ4v) is 1.71. The number of nitrogens with two attached hydrogens (primary N) is 2. The number of nitrogen functional groups attached to an aromatic ring is 2. The molecular weight excluding hydrogens is 273 g/mol. The molecule has 1 aromatic carbocycles. The summed E-state index contributed by atoms with van der Waals surface area (Å²) in [5.41, 5.74) is 10.2. The third kappa shape index (κ3) is 2.09. The molecule has 0 unspecified atom stereocenters. The maximum atomic E-state index is 14.0. The number of nitriles is 1. The number of hydrogen-bond acceptors (Lipinski definition) is 6. The second kappa shape index (κ2) is 4.59. The van der Waals surface area contributed by atoms with Gasteiger partial charge in [0.2, 0.25) is 5.95 Å². The summed E-state index contributed by atoms with van der Waals surface area (Å²) in [5.74, 6) is -1.80. The van der Waals surface area contributed by atoms with Gasteiger partial charge >= 0.3 is 0 Å². The van der Waals surface area contributed by atoms with E-state index in [4.69, 9.17) is 28.3 Å². The molecule has 0 saturated carbocycles. The predicted molar refractivity (Wildman–Crippen MR) is 67.6 cm³/mol. The summed E-state index contributed by atoms with van der Waals surface area (Å²) in [4.78, 5) is 7.34. The Hall–Kier alpha value is -2.59. The Labute approximate surface area is 112 Å². The second-order valence-electron chi connectivity index (χ2n) is 3.56. The van der Waals surface area contributed by atoms with Crippen molar-refractivity contribution in [3.63, 3.8) is 0 Å². The molecule has 6 nitrogen and oxygen atoms in total. The van der Waals surface area contributed by atoms with E-state index in [1.54, 1.807) is 6.07 Å². The van der Waals surface area contributed by atoms with Crippen molar-refractivity contribution >= 4 is 23.4 Å².